The lowest BCUT2D eigenvalue weighted by atomic mass is 10.2. The van der Waals surface area contributed by atoms with E-state index in [0.717, 1.165) is 16.6 Å². The van der Waals surface area contributed by atoms with Gasteiger partial charge in [0.2, 0.25) is 5.91 Å². The molecule has 2 amide bonds. The smallest absolute Gasteiger partial charge is 0.274 e. The van der Waals surface area contributed by atoms with E-state index in [0.29, 0.717) is 29.5 Å². The van der Waals surface area contributed by atoms with Crippen molar-refractivity contribution in [2.75, 3.05) is 29.9 Å². The Morgan fingerprint density at radius 2 is 2.00 bits per heavy atom. The number of hydrogen-bond acceptors (Lipinski definition) is 4. The van der Waals surface area contributed by atoms with Crippen molar-refractivity contribution in [3.05, 3.63) is 65.3 Å². The largest absolute Gasteiger partial charge is 0.359 e. The van der Waals surface area contributed by atoms with E-state index in [2.05, 4.69) is 15.6 Å². The van der Waals surface area contributed by atoms with Crippen LogP contribution in [0, 0.1) is 0 Å². The molecule has 3 aromatic rings. The van der Waals surface area contributed by atoms with Crippen LogP contribution in [0.15, 0.2) is 54.6 Å². The fraction of sp³-hybridized carbons (Fsp3) is 0.150. The Morgan fingerprint density at radius 3 is 2.81 bits per heavy atom. The van der Waals surface area contributed by atoms with Crippen molar-refractivity contribution in [3.8, 4) is 0 Å². The fourth-order valence-corrected chi connectivity index (χ4v) is 3.37. The summed E-state index contributed by atoms with van der Waals surface area (Å²) in [6.07, 6.45) is 0. The van der Waals surface area contributed by atoms with Crippen molar-refractivity contribution in [3.63, 3.8) is 0 Å². The summed E-state index contributed by atoms with van der Waals surface area (Å²) in [6, 6.07) is 16.5. The van der Waals surface area contributed by atoms with Crippen LogP contribution in [0.1, 0.15) is 10.5 Å². The first-order chi connectivity index (χ1) is 13.1. The highest BCUT2D eigenvalue weighted by molar-refractivity contribution is 6.33. The Labute approximate surface area is 161 Å². The van der Waals surface area contributed by atoms with Crippen LogP contribution < -0.4 is 15.5 Å². The van der Waals surface area contributed by atoms with Crippen LogP contribution >= 0.6 is 11.6 Å². The minimum atomic E-state index is -0.304. The SMILES string of the molecule is O=C1CN(c2ccc(NC(=O)c3ccc4ccccc4n3)cc2Cl)CCN1. The number of rotatable bonds is 3. The summed E-state index contributed by atoms with van der Waals surface area (Å²) in [6.45, 7) is 1.55. The summed E-state index contributed by atoms with van der Waals surface area (Å²) in [7, 11) is 0. The molecule has 136 valence electrons. The Kier molecular flexibility index (Phi) is 4.64. The number of piperazine rings is 1. The molecule has 1 aromatic heterocycles. The fourth-order valence-electron chi connectivity index (χ4n) is 3.07. The predicted octanol–water partition coefficient (Wildman–Crippen LogP) is 3.08. The maximum Gasteiger partial charge on any atom is 0.274 e. The zero-order chi connectivity index (χ0) is 18.8. The highest BCUT2D eigenvalue weighted by Gasteiger charge is 2.19. The molecule has 1 saturated heterocycles. The molecule has 0 radical (unpaired) electrons. The molecule has 0 spiro atoms. The normalized spacial score (nSPS) is 14.1. The third-order valence-electron chi connectivity index (χ3n) is 4.42. The van der Waals surface area contributed by atoms with Gasteiger partial charge in [-0.1, -0.05) is 35.9 Å². The van der Waals surface area contributed by atoms with Gasteiger partial charge in [-0.2, -0.15) is 0 Å². The van der Waals surface area contributed by atoms with Gasteiger partial charge in [0.1, 0.15) is 5.69 Å². The molecule has 6 nitrogen and oxygen atoms in total. The number of fused-ring (bicyclic) bond motifs is 1. The number of hydrogen-bond donors (Lipinski definition) is 2. The topological polar surface area (TPSA) is 74.3 Å². The Morgan fingerprint density at radius 1 is 1.15 bits per heavy atom. The number of halogens is 1. The highest BCUT2D eigenvalue weighted by atomic mass is 35.5. The molecule has 0 bridgehead atoms. The van der Waals surface area contributed by atoms with E-state index in [4.69, 9.17) is 11.6 Å². The van der Waals surface area contributed by atoms with Gasteiger partial charge in [-0.25, -0.2) is 4.98 Å². The molecule has 1 aliphatic rings. The minimum absolute atomic E-state index is 0.0305. The number of para-hydroxylation sites is 1. The molecule has 1 aliphatic heterocycles. The van der Waals surface area contributed by atoms with Crippen molar-refractivity contribution in [2.45, 2.75) is 0 Å². The van der Waals surface area contributed by atoms with E-state index in [9.17, 15) is 9.59 Å². The Bertz CT molecular complexity index is 1040. The average Bonchev–Trinajstić information content (AvgIpc) is 2.67. The average molecular weight is 381 g/mol. The lowest BCUT2D eigenvalue weighted by molar-refractivity contribution is -0.120. The zero-order valence-electron chi connectivity index (χ0n) is 14.4. The summed E-state index contributed by atoms with van der Waals surface area (Å²) in [5, 5.41) is 7.06. The number of nitrogens with zero attached hydrogens (tertiary/aromatic N) is 2. The van der Waals surface area contributed by atoms with Crippen molar-refractivity contribution >= 4 is 45.7 Å². The van der Waals surface area contributed by atoms with Gasteiger partial charge in [0.25, 0.3) is 5.91 Å². The van der Waals surface area contributed by atoms with E-state index in [1.807, 2.05) is 41.3 Å². The molecule has 2 heterocycles. The number of pyridine rings is 1. The molecular formula is C20H17ClN4O2. The molecule has 2 aromatic carbocycles. The van der Waals surface area contributed by atoms with Crippen LogP contribution in [-0.2, 0) is 4.79 Å². The van der Waals surface area contributed by atoms with Gasteiger partial charge in [0.05, 0.1) is 22.8 Å². The molecular weight excluding hydrogens is 364 g/mol. The van der Waals surface area contributed by atoms with E-state index in [1.165, 1.54) is 0 Å². The minimum Gasteiger partial charge on any atom is -0.359 e. The summed E-state index contributed by atoms with van der Waals surface area (Å²) in [5.74, 6) is -0.334. The van der Waals surface area contributed by atoms with Crippen LogP contribution in [0.5, 0.6) is 0 Å². The summed E-state index contributed by atoms with van der Waals surface area (Å²) in [5.41, 5.74) is 2.45. The molecule has 27 heavy (non-hydrogen) atoms. The monoisotopic (exact) mass is 380 g/mol. The number of anilines is 2. The van der Waals surface area contributed by atoms with E-state index in [-0.39, 0.29) is 18.4 Å². The number of benzene rings is 2. The summed E-state index contributed by atoms with van der Waals surface area (Å²) >= 11 is 6.38. The van der Waals surface area contributed by atoms with Crippen molar-refractivity contribution in [1.82, 2.24) is 10.3 Å². The number of amides is 2. The molecule has 7 heteroatoms. The summed E-state index contributed by atoms with van der Waals surface area (Å²) < 4.78 is 0. The van der Waals surface area contributed by atoms with Crippen LogP contribution in [-0.4, -0.2) is 36.4 Å². The Balaban J connectivity index is 1.52. The predicted molar refractivity (Wildman–Crippen MR) is 106 cm³/mol. The van der Waals surface area contributed by atoms with E-state index in [1.54, 1.807) is 18.2 Å². The first kappa shape index (κ1) is 17.3. The van der Waals surface area contributed by atoms with Crippen molar-refractivity contribution in [2.24, 2.45) is 0 Å². The first-order valence-electron chi connectivity index (χ1n) is 8.58. The van der Waals surface area contributed by atoms with Gasteiger partial charge < -0.3 is 15.5 Å². The molecule has 0 aliphatic carbocycles. The first-order valence-corrected chi connectivity index (χ1v) is 8.96. The van der Waals surface area contributed by atoms with Gasteiger partial charge in [0, 0.05) is 24.2 Å². The number of carbonyl (C=O) groups is 2. The number of nitrogens with one attached hydrogen (secondary N) is 2. The second kappa shape index (κ2) is 7.25. The van der Waals surface area contributed by atoms with Gasteiger partial charge in [-0.3, -0.25) is 9.59 Å². The summed E-state index contributed by atoms with van der Waals surface area (Å²) in [4.78, 5) is 30.4. The van der Waals surface area contributed by atoms with Gasteiger partial charge in [-0.15, -0.1) is 0 Å². The van der Waals surface area contributed by atoms with Gasteiger partial charge in [-0.05, 0) is 30.3 Å². The van der Waals surface area contributed by atoms with Crippen molar-refractivity contribution < 1.29 is 9.59 Å². The van der Waals surface area contributed by atoms with Crippen LogP contribution in [0.3, 0.4) is 0 Å². The lowest BCUT2D eigenvalue weighted by Gasteiger charge is -2.29. The molecule has 4 rings (SSSR count). The quantitative estimate of drug-likeness (QED) is 0.732. The molecule has 2 N–H and O–H groups in total. The maximum atomic E-state index is 12.5. The van der Waals surface area contributed by atoms with E-state index < -0.39 is 0 Å². The highest BCUT2D eigenvalue weighted by Crippen LogP contribution is 2.29. The van der Waals surface area contributed by atoms with Crippen LogP contribution in [0.4, 0.5) is 11.4 Å². The van der Waals surface area contributed by atoms with E-state index >= 15 is 0 Å². The molecule has 0 atom stereocenters. The van der Waals surface area contributed by atoms with Crippen LogP contribution in [0.2, 0.25) is 5.02 Å². The third-order valence-corrected chi connectivity index (χ3v) is 4.72. The van der Waals surface area contributed by atoms with Gasteiger partial charge >= 0.3 is 0 Å². The second-order valence-electron chi connectivity index (χ2n) is 6.28. The number of aromatic nitrogens is 1. The standard InChI is InChI=1S/C20H17ClN4O2/c21-15-11-14(6-8-18(15)25-10-9-22-19(26)12-25)23-20(27)17-7-5-13-3-1-2-4-16(13)24-17/h1-8,11H,9-10,12H2,(H,22,26)(H,23,27). The zero-order valence-corrected chi connectivity index (χ0v) is 15.2. The molecule has 0 unspecified atom stereocenters. The second-order valence-corrected chi connectivity index (χ2v) is 6.69. The maximum absolute atomic E-state index is 12.5. The third kappa shape index (κ3) is 3.71. The van der Waals surface area contributed by atoms with Crippen molar-refractivity contribution in [1.29, 1.82) is 0 Å². The van der Waals surface area contributed by atoms with Gasteiger partial charge in [0.15, 0.2) is 0 Å². The molecule has 1 fully saturated rings. The van der Waals surface area contributed by atoms with Crippen LogP contribution in [0.25, 0.3) is 10.9 Å². The number of carbonyl (C=O) groups excluding carboxylic acids is 2. The Hall–Kier alpha value is -3.12. The lowest BCUT2D eigenvalue weighted by Crippen LogP contribution is -2.47. The molecule has 0 saturated carbocycles.